The molecule has 3 atom stereocenters. The molecule has 4 nitrogen and oxygen atoms in total. The van der Waals surface area contributed by atoms with Gasteiger partial charge in [0.1, 0.15) is 11.1 Å². The summed E-state index contributed by atoms with van der Waals surface area (Å²) in [6.45, 7) is 0. The molecule has 2 aliphatic rings. The first-order valence-corrected chi connectivity index (χ1v) is 18.3. The van der Waals surface area contributed by atoms with Crippen molar-refractivity contribution in [1.29, 1.82) is 0 Å². The molecule has 0 aromatic heterocycles. The normalized spacial score (nSPS) is 22.7. The Kier molecular flexibility index (Phi) is 8.06. The van der Waals surface area contributed by atoms with Crippen LogP contribution in [0.3, 0.4) is 0 Å². The van der Waals surface area contributed by atoms with Gasteiger partial charge in [0.2, 0.25) is 0 Å². The fourth-order valence-electron chi connectivity index (χ4n) is 7.84. The van der Waals surface area contributed by atoms with Crippen LogP contribution in [0.25, 0.3) is 0 Å². The Bertz CT molecular complexity index is 1670. The van der Waals surface area contributed by atoms with Crippen LogP contribution in [-0.4, -0.2) is 12.1 Å². The summed E-state index contributed by atoms with van der Waals surface area (Å²) in [4.78, 5) is 0. The van der Waals surface area contributed by atoms with Gasteiger partial charge in [0.15, 0.2) is 0 Å². The first kappa shape index (κ1) is 30.0. The molecule has 2 unspecified atom stereocenters. The number of hydrogen-bond donors (Lipinski definition) is 4. The number of benzene rings is 6. The fourth-order valence-corrected chi connectivity index (χ4v) is 11.6. The Morgan fingerprint density at radius 2 is 0.617 bits per heavy atom. The molecule has 232 valence electrons. The second-order valence-corrected chi connectivity index (χ2v) is 15.0. The molecular formula is C42H40N4P+. The Morgan fingerprint density at radius 3 is 0.894 bits per heavy atom. The van der Waals surface area contributed by atoms with Crippen molar-refractivity contribution in [2.75, 3.05) is 0 Å². The molecular weight excluding hydrogens is 591 g/mol. The lowest BCUT2D eigenvalue weighted by Crippen LogP contribution is -2.49. The Hall–Kier alpha value is -4.41. The molecule has 0 amide bonds. The average Bonchev–Trinajstić information content (AvgIpc) is 3.64. The third-order valence-electron chi connectivity index (χ3n) is 9.91. The quantitative estimate of drug-likeness (QED) is 0.128. The molecule has 6 aromatic carbocycles. The Labute approximate surface area is 278 Å². The predicted molar refractivity (Wildman–Crippen MR) is 195 cm³/mol. The SMILES string of the molecule is c1ccc(CC2N[P+]3(N[C@@H](Cc4ccccc4)C(c4ccccc4)(c4ccccc4)N3)NC2(c2ccccc2)c2ccccc2)cc1. The summed E-state index contributed by atoms with van der Waals surface area (Å²) in [6, 6.07) is 65.8. The molecule has 8 rings (SSSR count). The lowest BCUT2D eigenvalue weighted by atomic mass is 9.76. The third-order valence-corrected chi connectivity index (χ3v) is 12.7. The minimum Gasteiger partial charge on any atom is -0.140 e. The molecule has 0 bridgehead atoms. The van der Waals surface area contributed by atoms with Gasteiger partial charge in [0, 0.05) is 0 Å². The highest BCUT2D eigenvalue weighted by Crippen LogP contribution is 2.64. The minimum atomic E-state index is -2.49. The van der Waals surface area contributed by atoms with Crippen LogP contribution < -0.4 is 20.3 Å². The lowest BCUT2D eigenvalue weighted by molar-refractivity contribution is 0.400. The van der Waals surface area contributed by atoms with E-state index in [2.05, 4.69) is 202 Å². The molecule has 47 heavy (non-hydrogen) atoms. The van der Waals surface area contributed by atoms with Crippen molar-refractivity contribution in [3.63, 3.8) is 0 Å². The molecule has 1 spiro atoms. The molecule has 2 aliphatic heterocycles. The maximum Gasteiger partial charge on any atom is 0.301 e. The zero-order valence-electron chi connectivity index (χ0n) is 26.3. The van der Waals surface area contributed by atoms with Crippen LogP contribution >= 0.6 is 7.87 Å². The van der Waals surface area contributed by atoms with Crippen molar-refractivity contribution in [3.05, 3.63) is 215 Å². The van der Waals surface area contributed by atoms with Crippen molar-refractivity contribution in [2.45, 2.75) is 36.0 Å². The maximum atomic E-state index is 4.37. The smallest absolute Gasteiger partial charge is 0.140 e. The van der Waals surface area contributed by atoms with E-state index in [0.29, 0.717) is 0 Å². The van der Waals surface area contributed by atoms with E-state index in [1.165, 1.54) is 33.4 Å². The minimum absolute atomic E-state index is 0.0442. The second kappa shape index (κ2) is 12.7. The molecule has 2 heterocycles. The number of nitrogens with one attached hydrogen (secondary N) is 4. The van der Waals surface area contributed by atoms with Gasteiger partial charge in [-0.3, -0.25) is 0 Å². The van der Waals surface area contributed by atoms with Crippen LogP contribution in [0.1, 0.15) is 33.4 Å². The average molecular weight is 632 g/mol. The second-order valence-electron chi connectivity index (χ2n) is 12.7. The van der Waals surface area contributed by atoms with Gasteiger partial charge in [0.05, 0.1) is 12.1 Å². The van der Waals surface area contributed by atoms with Crippen LogP contribution in [0.4, 0.5) is 0 Å². The summed E-state index contributed by atoms with van der Waals surface area (Å²) in [5, 5.41) is 17.3. The summed E-state index contributed by atoms with van der Waals surface area (Å²) in [7, 11) is -2.49. The summed E-state index contributed by atoms with van der Waals surface area (Å²) >= 11 is 0. The maximum absolute atomic E-state index is 4.37. The van der Waals surface area contributed by atoms with E-state index in [9.17, 15) is 0 Å². The van der Waals surface area contributed by atoms with E-state index in [1.54, 1.807) is 0 Å². The van der Waals surface area contributed by atoms with Gasteiger partial charge in [-0.05, 0) is 46.2 Å². The first-order valence-electron chi connectivity index (χ1n) is 16.5. The zero-order valence-corrected chi connectivity index (χ0v) is 27.2. The largest absolute Gasteiger partial charge is 0.301 e. The van der Waals surface area contributed by atoms with Gasteiger partial charge in [0.25, 0.3) is 0 Å². The van der Waals surface area contributed by atoms with Crippen LogP contribution in [0.5, 0.6) is 0 Å². The molecule has 6 aromatic rings. The van der Waals surface area contributed by atoms with Crippen molar-refractivity contribution >= 4 is 7.87 Å². The van der Waals surface area contributed by atoms with E-state index < -0.39 is 18.9 Å². The van der Waals surface area contributed by atoms with Crippen LogP contribution in [-0.2, 0) is 23.9 Å². The third kappa shape index (κ3) is 5.43. The van der Waals surface area contributed by atoms with E-state index in [-0.39, 0.29) is 12.1 Å². The van der Waals surface area contributed by atoms with E-state index in [4.69, 9.17) is 0 Å². The fraction of sp³-hybridized carbons (Fsp3) is 0.143. The van der Waals surface area contributed by atoms with Crippen LogP contribution in [0.15, 0.2) is 182 Å². The van der Waals surface area contributed by atoms with Crippen molar-refractivity contribution < 1.29 is 0 Å². The number of hydrogen-bond acceptors (Lipinski definition) is 4. The molecule has 4 N–H and O–H groups in total. The van der Waals surface area contributed by atoms with Crippen molar-refractivity contribution in [1.82, 2.24) is 20.3 Å². The molecule has 0 radical (unpaired) electrons. The van der Waals surface area contributed by atoms with Crippen LogP contribution in [0, 0.1) is 0 Å². The highest BCUT2D eigenvalue weighted by atomic mass is 31.2. The van der Waals surface area contributed by atoms with Crippen molar-refractivity contribution in [2.24, 2.45) is 0 Å². The topological polar surface area (TPSA) is 48.1 Å². The molecule has 0 aliphatic carbocycles. The Morgan fingerprint density at radius 1 is 0.362 bits per heavy atom. The Balaban J connectivity index is 1.33. The van der Waals surface area contributed by atoms with Gasteiger partial charge >= 0.3 is 7.87 Å². The number of rotatable bonds is 8. The van der Waals surface area contributed by atoms with E-state index in [1.807, 2.05) is 0 Å². The zero-order chi connectivity index (χ0) is 31.6. The van der Waals surface area contributed by atoms with Gasteiger partial charge < -0.3 is 0 Å². The van der Waals surface area contributed by atoms with Gasteiger partial charge in [-0.1, -0.05) is 182 Å². The monoisotopic (exact) mass is 631 g/mol. The van der Waals surface area contributed by atoms with Crippen molar-refractivity contribution in [3.8, 4) is 0 Å². The summed E-state index contributed by atoms with van der Waals surface area (Å²) in [6.07, 6.45) is 1.71. The summed E-state index contributed by atoms with van der Waals surface area (Å²) in [5.74, 6) is 0. The molecule has 5 heteroatoms. The molecule has 2 fully saturated rings. The van der Waals surface area contributed by atoms with E-state index >= 15 is 0 Å². The molecule has 0 saturated carbocycles. The van der Waals surface area contributed by atoms with Crippen LogP contribution in [0.2, 0.25) is 0 Å². The predicted octanol–water partition coefficient (Wildman–Crippen LogP) is 8.16. The van der Waals surface area contributed by atoms with Gasteiger partial charge in [-0.15, -0.1) is 20.3 Å². The summed E-state index contributed by atoms with van der Waals surface area (Å²) < 4.78 is 0. The highest BCUT2D eigenvalue weighted by molar-refractivity contribution is 7.69. The standard InChI is InChI=1S/C42H40N4P/c1-7-19-33(20-8-1)31-39-41(35-23-11-3-12-24-35,36-25-13-4-14-26-36)45-47(43-39)44-40(32-34-21-9-2-10-22-34)42(46-47,37-27-15-5-16-28-37)38-29-17-6-18-30-38/h1-30,39-40,43-46H,31-32H2/q+1/t39-,40?,47?/m0/s1. The first-order chi connectivity index (χ1) is 23.2. The van der Waals surface area contributed by atoms with Gasteiger partial charge in [-0.25, -0.2) is 0 Å². The molecule has 2 saturated heterocycles. The lowest BCUT2D eigenvalue weighted by Gasteiger charge is -2.34. The van der Waals surface area contributed by atoms with E-state index in [0.717, 1.165) is 12.8 Å². The van der Waals surface area contributed by atoms with Gasteiger partial charge in [-0.2, -0.15) is 0 Å². The summed E-state index contributed by atoms with van der Waals surface area (Å²) in [5.41, 5.74) is 6.59. The highest BCUT2D eigenvalue weighted by Gasteiger charge is 2.70.